The Bertz CT molecular complexity index is 567. The van der Waals surface area contributed by atoms with E-state index in [2.05, 4.69) is 56.0 Å². The van der Waals surface area contributed by atoms with Gasteiger partial charge in [-0.05, 0) is 52.3 Å². The third-order valence-corrected chi connectivity index (χ3v) is 3.99. The van der Waals surface area contributed by atoms with Crippen LogP contribution in [0.3, 0.4) is 0 Å². The molecule has 2 heterocycles. The first kappa shape index (κ1) is 14.2. The minimum atomic E-state index is 0.123. The molecule has 0 radical (unpaired) electrons. The van der Waals surface area contributed by atoms with Crippen molar-refractivity contribution >= 4 is 11.3 Å². The number of nitrogens with zero attached hydrogens (tertiary/aromatic N) is 2. The third kappa shape index (κ3) is 3.85. The van der Waals surface area contributed by atoms with Crippen molar-refractivity contribution < 1.29 is 0 Å². The van der Waals surface area contributed by atoms with Crippen LogP contribution in [0.5, 0.6) is 0 Å². The maximum atomic E-state index is 4.64. The van der Waals surface area contributed by atoms with Crippen molar-refractivity contribution in [1.82, 2.24) is 15.3 Å². The molecular weight excluding hydrogens is 254 g/mol. The van der Waals surface area contributed by atoms with Crippen molar-refractivity contribution in [1.29, 1.82) is 0 Å². The molecular formula is C15H21N3S. The zero-order valence-corrected chi connectivity index (χ0v) is 13.1. The van der Waals surface area contributed by atoms with E-state index in [1.54, 1.807) is 11.3 Å². The van der Waals surface area contributed by atoms with E-state index in [1.165, 1.54) is 10.4 Å². The topological polar surface area (TPSA) is 37.8 Å². The summed E-state index contributed by atoms with van der Waals surface area (Å²) in [5.74, 6) is 0. The molecule has 0 atom stereocenters. The number of pyridine rings is 1. The van der Waals surface area contributed by atoms with Gasteiger partial charge in [0.2, 0.25) is 0 Å². The fourth-order valence-corrected chi connectivity index (χ4v) is 2.67. The summed E-state index contributed by atoms with van der Waals surface area (Å²) in [5.41, 5.74) is 3.40. The number of thiazole rings is 1. The van der Waals surface area contributed by atoms with Crippen LogP contribution in [0.15, 0.2) is 18.3 Å². The maximum Gasteiger partial charge on any atom is 0.142 e. The molecule has 0 amide bonds. The van der Waals surface area contributed by atoms with E-state index in [0.29, 0.717) is 0 Å². The molecule has 0 aliphatic heterocycles. The van der Waals surface area contributed by atoms with Crippen LogP contribution in [0.2, 0.25) is 0 Å². The predicted octanol–water partition coefficient (Wildman–Crippen LogP) is 3.71. The van der Waals surface area contributed by atoms with Crippen LogP contribution in [-0.2, 0) is 6.54 Å². The number of hydrogen-bond donors (Lipinski definition) is 1. The molecule has 0 bridgehead atoms. The van der Waals surface area contributed by atoms with Gasteiger partial charge in [0, 0.05) is 23.2 Å². The van der Waals surface area contributed by atoms with Crippen molar-refractivity contribution in [3.63, 3.8) is 0 Å². The lowest BCUT2D eigenvalue weighted by molar-refractivity contribution is 0.425. The van der Waals surface area contributed by atoms with Gasteiger partial charge in [-0.1, -0.05) is 0 Å². The van der Waals surface area contributed by atoms with Crippen molar-refractivity contribution in [3.8, 4) is 10.7 Å². The molecule has 2 aromatic heterocycles. The second kappa shape index (κ2) is 5.39. The number of aromatic nitrogens is 2. The minimum Gasteiger partial charge on any atom is -0.307 e. The Morgan fingerprint density at radius 2 is 2.00 bits per heavy atom. The molecule has 2 rings (SSSR count). The van der Waals surface area contributed by atoms with Crippen LogP contribution < -0.4 is 5.32 Å². The first-order chi connectivity index (χ1) is 8.85. The highest BCUT2D eigenvalue weighted by atomic mass is 32.1. The molecule has 0 aromatic carbocycles. The number of aryl methyl sites for hydroxylation is 2. The van der Waals surface area contributed by atoms with Gasteiger partial charge in [-0.3, -0.25) is 4.98 Å². The number of rotatable bonds is 3. The summed E-state index contributed by atoms with van der Waals surface area (Å²) in [6.45, 7) is 11.5. The average Bonchev–Trinajstić information content (AvgIpc) is 2.67. The summed E-state index contributed by atoms with van der Waals surface area (Å²) in [4.78, 5) is 10.3. The van der Waals surface area contributed by atoms with Gasteiger partial charge in [0.25, 0.3) is 0 Å². The lowest BCUT2D eigenvalue weighted by Gasteiger charge is -2.19. The molecule has 102 valence electrons. The van der Waals surface area contributed by atoms with Gasteiger partial charge in [-0.15, -0.1) is 11.3 Å². The Morgan fingerprint density at radius 3 is 2.63 bits per heavy atom. The molecule has 4 heteroatoms. The molecule has 0 aliphatic carbocycles. The fraction of sp³-hybridized carbons (Fsp3) is 0.467. The molecule has 0 fully saturated rings. The summed E-state index contributed by atoms with van der Waals surface area (Å²) in [7, 11) is 0. The van der Waals surface area contributed by atoms with Crippen molar-refractivity contribution in [2.45, 2.75) is 46.7 Å². The average molecular weight is 275 g/mol. The maximum absolute atomic E-state index is 4.64. The first-order valence-corrected chi connectivity index (χ1v) is 7.31. The van der Waals surface area contributed by atoms with Crippen LogP contribution in [0.25, 0.3) is 10.7 Å². The van der Waals surface area contributed by atoms with Crippen LogP contribution in [-0.4, -0.2) is 15.5 Å². The molecule has 0 saturated carbocycles. The summed E-state index contributed by atoms with van der Waals surface area (Å²) in [5, 5.41) is 4.51. The summed E-state index contributed by atoms with van der Waals surface area (Å²) < 4.78 is 0. The molecule has 19 heavy (non-hydrogen) atoms. The Balaban J connectivity index is 2.21. The van der Waals surface area contributed by atoms with Gasteiger partial charge in [0.1, 0.15) is 5.01 Å². The Kier molecular flexibility index (Phi) is 4.02. The van der Waals surface area contributed by atoms with Crippen molar-refractivity contribution in [2.24, 2.45) is 0 Å². The summed E-state index contributed by atoms with van der Waals surface area (Å²) >= 11 is 1.73. The number of hydrogen-bond acceptors (Lipinski definition) is 4. The van der Waals surface area contributed by atoms with E-state index in [9.17, 15) is 0 Å². The Labute approximate surface area is 119 Å². The van der Waals surface area contributed by atoms with E-state index in [4.69, 9.17) is 0 Å². The van der Waals surface area contributed by atoms with E-state index < -0.39 is 0 Å². The SMILES string of the molecule is Cc1ccnc(-c2nc(C)c(CNC(C)(C)C)s2)c1. The Morgan fingerprint density at radius 1 is 1.26 bits per heavy atom. The lowest BCUT2D eigenvalue weighted by atomic mass is 10.1. The molecule has 0 unspecified atom stereocenters. The fourth-order valence-electron chi connectivity index (χ4n) is 1.70. The van der Waals surface area contributed by atoms with E-state index >= 15 is 0 Å². The molecule has 0 spiro atoms. The van der Waals surface area contributed by atoms with Gasteiger partial charge >= 0.3 is 0 Å². The number of nitrogens with one attached hydrogen (secondary N) is 1. The van der Waals surface area contributed by atoms with Crippen LogP contribution in [0.4, 0.5) is 0 Å². The highest BCUT2D eigenvalue weighted by Gasteiger charge is 2.14. The monoisotopic (exact) mass is 275 g/mol. The van der Waals surface area contributed by atoms with Gasteiger partial charge in [0.05, 0.1) is 11.4 Å². The van der Waals surface area contributed by atoms with Crippen molar-refractivity contribution in [2.75, 3.05) is 0 Å². The standard InChI is InChI=1S/C15H21N3S/c1-10-6-7-16-12(8-10)14-18-11(2)13(19-14)9-17-15(3,4)5/h6-8,17H,9H2,1-5H3. The predicted molar refractivity (Wildman–Crippen MR) is 81.4 cm³/mol. The van der Waals surface area contributed by atoms with E-state index in [-0.39, 0.29) is 5.54 Å². The van der Waals surface area contributed by atoms with Crippen LogP contribution >= 0.6 is 11.3 Å². The zero-order valence-electron chi connectivity index (χ0n) is 12.2. The minimum absolute atomic E-state index is 0.123. The van der Waals surface area contributed by atoms with Crippen molar-refractivity contribution in [3.05, 3.63) is 34.5 Å². The van der Waals surface area contributed by atoms with Crippen LogP contribution in [0.1, 0.15) is 36.9 Å². The molecule has 3 nitrogen and oxygen atoms in total. The molecule has 0 aliphatic rings. The summed E-state index contributed by atoms with van der Waals surface area (Å²) in [6, 6.07) is 4.09. The second-order valence-corrected chi connectivity index (χ2v) is 6.93. The van der Waals surface area contributed by atoms with Gasteiger partial charge in [-0.25, -0.2) is 4.98 Å². The lowest BCUT2D eigenvalue weighted by Crippen LogP contribution is -2.34. The Hall–Kier alpha value is -1.26. The smallest absolute Gasteiger partial charge is 0.142 e. The second-order valence-electron chi connectivity index (χ2n) is 5.85. The van der Waals surface area contributed by atoms with Gasteiger partial charge in [0.15, 0.2) is 0 Å². The van der Waals surface area contributed by atoms with E-state index in [1.807, 2.05) is 12.3 Å². The first-order valence-electron chi connectivity index (χ1n) is 6.49. The highest BCUT2D eigenvalue weighted by Crippen LogP contribution is 2.27. The van der Waals surface area contributed by atoms with Gasteiger partial charge in [-0.2, -0.15) is 0 Å². The van der Waals surface area contributed by atoms with Gasteiger partial charge < -0.3 is 5.32 Å². The largest absolute Gasteiger partial charge is 0.307 e. The van der Waals surface area contributed by atoms with Crippen LogP contribution in [0, 0.1) is 13.8 Å². The van der Waals surface area contributed by atoms with E-state index in [0.717, 1.165) is 22.9 Å². The molecule has 2 aromatic rings. The molecule has 1 N–H and O–H groups in total. The summed E-state index contributed by atoms with van der Waals surface area (Å²) in [6.07, 6.45) is 1.84. The quantitative estimate of drug-likeness (QED) is 0.928. The highest BCUT2D eigenvalue weighted by molar-refractivity contribution is 7.15. The molecule has 0 saturated heterocycles. The zero-order chi connectivity index (χ0) is 14.0. The normalized spacial score (nSPS) is 11.8. The third-order valence-electron chi connectivity index (χ3n) is 2.81.